The minimum absolute atomic E-state index is 0.0690. The minimum Gasteiger partial charge on any atom is -0.362 e. The number of hydrogen-bond acceptors (Lipinski definition) is 5. The van der Waals surface area contributed by atoms with Crippen molar-refractivity contribution in [3.63, 3.8) is 0 Å². The summed E-state index contributed by atoms with van der Waals surface area (Å²) in [5, 5.41) is 0. The number of benzene rings is 1. The van der Waals surface area contributed by atoms with Crippen LogP contribution in [-0.4, -0.2) is 35.8 Å². The summed E-state index contributed by atoms with van der Waals surface area (Å²) < 4.78 is 4.84. The average molecular weight is 277 g/mol. The van der Waals surface area contributed by atoms with E-state index in [1.807, 2.05) is 0 Å². The predicted octanol–water partition coefficient (Wildman–Crippen LogP) is -0.896. The molecule has 0 saturated carbocycles. The van der Waals surface area contributed by atoms with Crippen LogP contribution >= 0.6 is 0 Å². The van der Waals surface area contributed by atoms with Gasteiger partial charge < -0.3 is 4.74 Å². The van der Waals surface area contributed by atoms with E-state index >= 15 is 0 Å². The fourth-order valence-electron chi connectivity index (χ4n) is 1.88. The topological polar surface area (TPSA) is 102 Å². The Balaban J connectivity index is 2.01. The maximum Gasteiger partial charge on any atom is 0.255 e. The van der Waals surface area contributed by atoms with Gasteiger partial charge in [0, 0.05) is 0 Å². The number of hydrogen-bond donors (Lipinski definition) is 2. The van der Waals surface area contributed by atoms with E-state index in [0.29, 0.717) is 0 Å². The van der Waals surface area contributed by atoms with Gasteiger partial charge in [-0.1, -0.05) is 24.3 Å². The third-order valence-electron chi connectivity index (χ3n) is 2.94. The SMILES string of the molecule is NNC(=O)Cc1ccc(CN2C(=O)COCC2=O)cc1. The molecule has 0 spiro atoms. The summed E-state index contributed by atoms with van der Waals surface area (Å²) in [7, 11) is 0. The monoisotopic (exact) mass is 277 g/mol. The summed E-state index contributed by atoms with van der Waals surface area (Å²) in [5.74, 6) is 4.05. The zero-order valence-corrected chi connectivity index (χ0v) is 10.8. The molecule has 1 aromatic carbocycles. The van der Waals surface area contributed by atoms with Crippen molar-refractivity contribution in [2.24, 2.45) is 5.84 Å². The fourth-order valence-corrected chi connectivity index (χ4v) is 1.88. The van der Waals surface area contributed by atoms with Crippen molar-refractivity contribution >= 4 is 17.7 Å². The summed E-state index contributed by atoms with van der Waals surface area (Å²) in [6, 6.07) is 7.07. The minimum atomic E-state index is -0.340. The Morgan fingerprint density at radius 3 is 2.25 bits per heavy atom. The van der Waals surface area contributed by atoms with Crippen molar-refractivity contribution in [3.05, 3.63) is 35.4 Å². The molecule has 7 nitrogen and oxygen atoms in total. The van der Waals surface area contributed by atoms with Gasteiger partial charge in [-0.15, -0.1) is 0 Å². The van der Waals surface area contributed by atoms with E-state index in [1.54, 1.807) is 24.3 Å². The highest BCUT2D eigenvalue weighted by Crippen LogP contribution is 2.11. The molecule has 0 atom stereocenters. The Labute approximate surface area is 115 Å². The molecule has 2 rings (SSSR count). The van der Waals surface area contributed by atoms with Gasteiger partial charge in [-0.05, 0) is 11.1 Å². The Morgan fingerprint density at radius 1 is 1.15 bits per heavy atom. The normalized spacial score (nSPS) is 15.3. The van der Waals surface area contributed by atoms with Gasteiger partial charge in [0.25, 0.3) is 11.8 Å². The van der Waals surface area contributed by atoms with E-state index in [0.717, 1.165) is 11.1 Å². The molecule has 20 heavy (non-hydrogen) atoms. The molecule has 1 fully saturated rings. The van der Waals surface area contributed by atoms with E-state index in [1.165, 1.54) is 4.90 Å². The zero-order chi connectivity index (χ0) is 14.5. The number of carbonyl (C=O) groups is 3. The van der Waals surface area contributed by atoms with Crippen molar-refractivity contribution in [1.82, 2.24) is 10.3 Å². The molecule has 0 radical (unpaired) electrons. The molecule has 1 aromatic rings. The number of morpholine rings is 1. The highest BCUT2D eigenvalue weighted by atomic mass is 16.5. The molecule has 1 aliphatic rings. The second-order valence-electron chi connectivity index (χ2n) is 4.43. The van der Waals surface area contributed by atoms with Crippen LogP contribution in [0.1, 0.15) is 11.1 Å². The number of carbonyl (C=O) groups excluding carboxylic acids is 3. The summed E-state index contributed by atoms with van der Waals surface area (Å²) in [6.45, 7) is 0.0748. The van der Waals surface area contributed by atoms with Crippen LogP contribution in [0.3, 0.4) is 0 Å². The number of nitrogens with zero attached hydrogens (tertiary/aromatic N) is 1. The van der Waals surface area contributed by atoms with Crippen LogP contribution in [0.5, 0.6) is 0 Å². The van der Waals surface area contributed by atoms with Gasteiger partial charge in [0.2, 0.25) is 5.91 Å². The highest BCUT2D eigenvalue weighted by molar-refractivity contribution is 5.98. The molecule has 0 aromatic heterocycles. The molecule has 0 aliphatic carbocycles. The van der Waals surface area contributed by atoms with Crippen LogP contribution in [0.4, 0.5) is 0 Å². The van der Waals surface area contributed by atoms with Crippen LogP contribution in [0.2, 0.25) is 0 Å². The van der Waals surface area contributed by atoms with Gasteiger partial charge >= 0.3 is 0 Å². The number of hydrazine groups is 1. The van der Waals surface area contributed by atoms with Crippen molar-refractivity contribution in [1.29, 1.82) is 0 Å². The van der Waals surface area contributed by atoms with E-state index in [9.17, 15) is 14.4 Å². The Hall–Kier alpha value is -2.25. The zero-order valence-electron chi connectivity index (χ0n) is 10.8. The Kier molecular flexibility index (Phi) is 4.44. The van der Waals surface area contributed by atoms with Crippen molar-refractivity contribution in [3.8, 4) is 0 Å². The van der Waals surface area contributed by atoms with Crippen LogP contribution in [0.25, 0.3) is 0 Å². The Bertz CT molecular complexity index is 511. The molecular weight excluding hydrogens is 262 g/mol. The van der Waals surface area contributed by atoms with E-state index in [-0.39, 0.29) is 43.9 Å². The molecule has 0 bridgehead atoms. The van der Waals surface area contributed by atoms with Gasteiger partial charge in [0.15, 0.2) is 0 Å². The van der Waals surface area contributed by atoms with Crippen LogP contribution in [0, 0.1) is 0 Å². The largest absolute Gasteiger partial charge is 0.362 e. The number of nitrogens with two attached hydrogens (primary N) is 1. The van der Waals surface area contributed by atoms with Crippen LogP contribution in [0.15, 0.2) is 24.3 Å². The first-order chi connectivity index (χ1) is 9.60. The van der Waals surface area contributed by atoms with Gasteiger partial charge in [-0.2, -0.15) is 0 Å². The van der Waals surface area contributed by atoms with Crippen LogP contribution < -0.4 is 11.3 Å². The molecule has 1 heterocycles. The van der Waals surface area contributed by atoms with Gasteiger partial charge in [0.1, 0.15) is 13.2 Å². The summed E-state index contributed by atoms with van der Waals surface area (Å²) in [4.78, 5) is 35.4. The van der Waals surface area contributed by atoms with Crippen LogP contribution in [-0.2, 0) is 32.1 Å². The molecule has 1 aliphatic heterocycles. The number of nitrogens with one attached hydrogen (secondary N) is 1. The lowest BCUT2D eigenvalue weighted by molar-refractivity contribution is -0.159. The third-order valence-corrected chi connectivity index (χ3v) is 2.94. The molecule has 7 heteroatoms. The molecule has 106 valence electrons. The maximum absolute atomic E-state index is 11.6. The Morgan fingerprint density at radius 2 is 1.70 bits per heavy atom. The molecular formula is C13H15N3O4. The number of ether oxygens (including phenoxy) is 1. The van der Waals surface area contributed by atoms with E-state index in [4.69, 9.17) is 10.6 Å². The van der Waals surface area contributed by atoms with Gasteiger partial charge in [-0.3, -0.25) is 24.7 Å². The van der Waals surface area contributed by atoms with Gasteiger partial charge in [-0.25, -0.2) is 5.84 Å². The first-order valence-electron chi connectivity index (χ1n) is 6.08. The van der Waals surface area contributed by atoms with Gasteiger partial charge in [0.05, 0.1) is 13.0 Å². The second kappa shape index (κ2) is 6.27. The molecule has 3 N–H and O–H groups in total. The lowest BCUT2D eigenvalue weighted by Crippen LogP contribution is -2.45. The van der Waals surface area contributed by atoms with Crippen molar-refractivity contribution < 1.29 is 19.1 Å². The lowest BCUT2D eigenvalue weighted by atomic mass is 10.1. The molecule has 1 saturated heterocycles. The maximum atomic E-state index is 11.6. The number of amides is 3. The van der Waals surface area contributed by atoms with E-state index in [2.05, 4.69) is 5.43 Å². The fraction of sp³-hybridized carbons (Fsp3) is 0.308. The molecule has 3 amide bonds. The third kappa shape index (κ3) is 3.40. The quantitative estimate of drug-likeness (QED) is 0.321. The van der Waals surface area contributed by atoms with E-state index < -0.39 is 0 Å². The molecule has 0 unspecified atom stereocenters. The number of imide groups is 1. The summed E-state index contributed by atoms with van der Waals surface area (Å²) in [6.07, 6.45) is 0.187. The van der Waals surface area contributed by atoms with Crippen molar-refractivity contribution in [2.75, 3.05) is 13.2 Å². The smallest absolute Gasteiger partial charge is 0.255 e. The standard InChI is InChI=1S/C13H15N3O4/c14-15-11(17)5-9-1-3-10(4-2-9)6-16-12(18)7-20-8-13(16)19/h1-4H,5-8,14H2,(H,15,17). The summed E-state index contributed by atoms with van der Waals surface area (Å²) >= 11 is 0. The average Bonchev–Trinajstić information content (AvgIpc) is 2.44. The predicted molar refractivity (Wildman–Crippen MR) is 68.9 cm³/mol. The second-order valence-corrected chi connectivity index (χ2v) is 4.43. The van der Waals surface area contributed by atoms with Crippen molar-refractivity contribution in [2.45, 2.75) is 13.0 Å². The first-order valence-corrected chi connectivity index (χ1v) is 6.08. The number of rotatable bonds is 4. The first kappa shape index (κ1) is 14.2. The lowest BCUT2D eigenvalue weighted by Gasteiger charge is -2.24. The highest BCUT2D eigenvalue weighted by Gasteiger charge is 2.26. The summed E-state index contributed by atoms with van der Waals surface area (Å²) in [5.41, 5.74) is 3.67.